The van der Waals surface area contributed by atoms with Crippen molar-refractivity contribution >= 4 is 5.91 Å². The number of nitrogens with zero attached hydrogens (tertiary/aromatic N) is 1. The van der Waals surface area contributed by atoms with E-state index in [9.17, 15) is 4.79 Å². The van der Waals surface area contributed by atoms with Crippen molar-refractivity contribution in [3.63, 3.8) is 0 Å². The van der Waals surface area contributed by atoms with Gasteiger partial charge in [0.1, 0.15) is 0 Å². The zero-order valence-electron chi connectivity index (χ0n) is 13.4. The van der Waals surface area contributed by atoms with Crippen LogP contribution in [0.15, 0.2) is 0 Å². The SMILES string of the molecule is CCC1CCC(N(C)C(=O)CC(N)C(C)(C)C)CC1. The van der Waals surface area contributed by atoms with Gasteiger partial charge in [0.25, 0.3) is 0 Å². The molecule has 1 saturated carbocycles. The van der Waals surface area contributed by atoms with Gasteiger partial charge in [-0.05, 0) is 37.0 Å². The zero-order chi connectivity index (χ0) is 14.6. The lowest BCUT2D eigenvalue weighted by molar-refractivity contribution is -0.133. The van der Waals surface area contributed by atoms with Gasteiger partial charge in [0.2, 0.25) is 5.91 Å². The van der Waals surface area contributed by atoms with Crippen molar-refractivity contribution in [2.45, 2.75) is 78.3 Å². The van der Waals surface area contributed by atoms with Gasteiger partial charge in [-0.25, -0.2) is 0 Å². The number of carbonyl (C=O) groups excluding carboxylic acids is 1. The molecule has 0 heterocycles. The van der Waals surface area contributed by atoms with Crippen molar-refractivity contribution in [3.05, 3.63) is 0 Å². The molecular formula is C16H32N2O. The zero-order valence-corrected chi connectivity index (χ0v) is 13.4. The minimum atomic E-state index is -0.0607. The normalized spacial score (nSPS) is 26.0. The fourth-order valence-corrected chi connectivity index (χ4v) is 2.78. The summed E-state index contributed by atoms with van der Waals surface area (Å²) in [5.74, 6) is 1.08. The summed E-state index contributed by atoms with van der Waals surface area (Å²) in [6.45, 7) is 8.55. The van der Waals surface area contributed by atoms with E-state index in [0.29, 0.717) is 12.5 Å². The quantitative estimate of drug-likeness (QED) is 0.851. The lowest BCUT2D eigenvalue weighted by Gasteiger charge is -2.36. The van der Waals surface area contributed by atoms with Gasteiger partial charge >= 0.3 is 0 Å². The highest BCUT2D eigenvalue weighted by molar-refractivity contribution is 5.77. The molecule has 1 aliphatic carbocycles. The molecule has 2 N–H and O–H groups in total. The minimum Gasteiger partial charge on any atom is -0.343 e. The molecule has 3 heteroatoms. The van der Waals surface area contributed by atoms with Gasteiger partial charge in [-0.1, -0.05) is 34.1 Å². The van der Waals surface area contributed by atoms with Crippen LogP contribution >= 0.6 is 0 Å². The van der Waals surface area contributed by atoms with E-state index in [2.05, 4.69) is 27.7 Å². The van der Waals surface area contributed by atoms with Crippen molar-refractivity contribution in [3.8, 4) is 0 Å². The first-order chi connectivity index (χ1) is 8.75. The van der Waals surface area contributed by atoms with Gasteiger partial charge in [-0.2, -0.15) is 0 Å². The molecule has 19 heavy (non-hydrogen) atoms. The average molecular weight is 268 g/mol. The standard InChI is InChI=1S/C16H32N2O/c1-6-12-7-9-13(10-8-12)18(5)15(19)11-14(17)16(2,3)4/h12-14H,6-11,17H2,1-5H3. The van der Waals surface area contributed by atoms with Crippen molar-refractivity contribution in [1.29, 1.82) is 0 Å². The first-order valence-electron chi connectivity index (χ1n) is 7.77. The summed E-state index contributed by atoms with van der Waals surface area (Å²) in [6, 6.07) is 0.372. The molecular weight excluding hydrogens is 236 g/mol. The van der Waals surface area contributed by atoms with Crippen molar-refractivity contribution in [2.24, 2.45) is 17.1 Å². The third kappa shape index (κ3) is 4.79. The molecule has 0 aromatic carbocycles. The summed E-state index contributed by atoms with van der Waals surface area (Å²) in [7, 11) is 1.95. The summed E-state index contributed by atoms with van der Waals surface area (Å²) >= 11 is 0. The van der Waals surface area contributed by atoms with E-state index in [1.54, 1.807) is 0 Å². The fraction of sp³-hybridized carbons (Fsp3) is 0.938. The van der Waals surface area contributed by atoms with Gasteiger partial charge in [-0.3, -0.25) is 4.79 Å². The van der Waals surface area contributed by atoms with E-state index in [-0.39, 0.29) is 17.4 Å². The number of carbonyl (C=O) groups is 1. The molecule has 0 aliphatic heterocycles. The van der Waals surface area contributed by atoms with Crippen LogP contribution in [0.3, 0.4) is 0 Å². The number of nitrogens with two attached hydrogens (primary N) is 1. The van der Waals surface area contributed by atoms with E-state index in [1.165, 1.54) is 19.3 Å². The van der Waals surface area contributed by atoms with Crippen LogP contribution in [0, 0.1) is 11.3 Å². The molecule has 3 nitrogen and oxygen atoms in total. The van der Waals surface area contributed by atoms with E-state index in [0.717, 1.165) is 18.8 Å². The highest BCUT2D eigenvalue weighted by atomic mass is 16.2. The summed E-state index contributed by atoms with van der Waals surface area (Å²) in [4.78, 5) is 14.3. The molecule has 0 aromatic heterocycles. The maximum Gasteiger partial charge on any atom is 0.224 e. The Kier molecular flexibility index (Phi) is 5.84. The largest absolute Gasteiger partial charge is 0.343 e. The topological polar surface area (TPSA) is 46.3 Å². The molecule has 1 unspecified atom stereocenters. The Bertz CT molecular complexity index is 288. The molecule has 1 amide bonds. The molecule has 1 aliphatic rings. The maximum atomic E-state index is 12.3. The van der Waals surface area contributed by atoms with E-state index in [4.69, 9.17) is 5.73 Å². The Morgan fingerprint density at radius 1 is 1.26 bits per heavy atom. The summed E-state index contributed by atoms with van der Waals surface area (Å²) in [6.07, 6.45) is 6.60. The summed E-state index contributed by atoms with van der Waals surface area (Å²) < 4.78 is 0. The van der Waals surface area contributed by atoms with Crippen LogP contribution in [0.2, 0.25) is 0 Å². The Morgan fingerprint density at radius 3 is 2.21 bits per heavy atom. The second-order valence-corrected chi connectivity index (χ2v) is 7.26. The number of rotatable bonds is 4. The molecule has 112 valence electrons. The lowest BCUT2D eigenvalue weighted by atomic mass is 9.83. The van der Waals surface area contributed by atoms with Crippen LogP contribution in [0.25, 0.3) is 0 Å². The molecule has 0 spiro atoms. The van der Waals surface area contributed by atoms with Gasteiger partial charge in [0.05, 0.1) is 0 Å². The summed E-state index contributed by atoms with van der Waals surface area (Å²) in [5.41, 5.74) is 6.11. The molecule has 1 rings (SSSR count). The predicted octanol–water partition coefficient (Wildman–Crippen LogP) is 3.18. The van der Waals surface area contributed by atoms with Crippen LogP contribution in [0.5, 0.6) is 0 Å². The van der Waals surface area contributed by atoms with Crippen molar-refractivity contribution in [1.82, 2.24) is 4.90 Å². The Labute approximate surface area is 118 Å². The summed E-state index contributed by atoms with van der Waals surface area (Å²) in [5, 5.41) is 0. The second-order valence-electron chi connectivity index (χ2n) is 7.26. The average Bonchev–Trinajstić information content (AvgIpc) is 2.36. The number of hydrogen-bond donors (Lipinski definition) is 1. The van der Waals surface area contributed by atoms with Crippen molar-refractivity contribution in [2.75, 3.05) is 7.05 Å². The molecule has 1 fully saturated rings. The fourth-order valence-electron chi connectivity index (χ4n) is 2.78. The molecule has 0 aromatic rings. The maximum absolute atomic E-state index is 12.3. The van der Waals surface area contributed by atoms with Crippen LogP contribution in [-0.2, 0) is 4.79 Å². The van der Waals surface area contributed by atoms with Gasteiger partial charge in [0, 0.05) is 25.6 Å². The number of amides is 1. The minimum absolute atomic E-state index is 0.00360. The third-order valence-electron chi connectivity index (χ3n) is 4.84. The molecule has 0 saturated heterocycles. The van der Waals surface area contributed by atoms with Crippen molar-refractivity contribution < 1.29 is 4.79 Å². The smallest absolute Gasteiger partial charge is 0.224 e. The molecule has 1 atom stereocenters. The Hall–Kier alpha value is -0.570. The number of hydrogen-bond acceptors (Lipinski definition) is 2. The van der Waals surface area contributed by atoms with E-state index >= 15 is 0 Å². The van der Waals surface area contributed by atoms with Crippen LogP contribution in [-0.4, -0.2) is 29.9 Å². The highest BCUT2D eigenvalue weighted by Crippen LogP contribution is 2.29. The highest BCUT2D eigenvalue weighted by Gasteiger charge is 2.29. The monoisotopic (exact) mass is 268 g/mol. The Balaban J connectivity index is 2.45. The Morgan fingerprint density at radius 2 is 1.79 bits per heavy atom. The second kappa shape index (κ2) is 6.74. The van der Waals surface area contributed by atoms with Gasteiger partial charge in [0.15, 0.2) is 0 Å². The van der Waals surface area contributed by atoms with Crippen LogP contribution < -0.4 is 5.73 Å². The van der Waals surface area contributed by atoms with E-state index in [1.807, 2.05) is 11.9 Å². The van der Waals surface area contributed by atoms with Crippen LogP contribution in [0.1, 0.15) is 66.2 Å². The third-order valence-corrected chi connectivity index (χ3v) is 4.84. The molecule has 0 bridgehead atoms. The first-order valence-corrected chi connectivity index (χ1v) is 7.77. The lowest BCUT2D eigenvalue weighted by Crippen LogP contribution is -2.44. The van der Waals surface area contributed by atoms with Gasteiger partial charge < -0.3 is 10.6 Å². The predicted molar refractivity (Wildman–Crippen MR) is 80.9 cm³/mol. The van der Waals surface area contributed by atoms with Gasteiger partial charge in [-0.15, -0.1) is 0 Å². The molecule has 0 radical (unpaired) electrons. The van der Waals surface area contributed by atoms with Crippen LogP contribution in [0.4, 0.5) is 0 Å². The first kappa shape index (κ1) is 16.5. The van der Waals surface area contributed by atoms with E-state index < -0.39 is 0 Å².